The molecule has 0 aliphatic carbocycles. The second-order valence-electron chi connectivity index (χ2n) is 7.29. The van der Waals surface area contributed by atoms with Crippen LogP contribution in [0.25, 0.3) is 0 Å². The maximum atomic E-state index is 12.8. The van der Waals surface area contributed by atoms with E-state index in [0.29, 0.717) is 17.9 Å². The van der Waals surface area contributed by atoms with Crippen LogP contribution in [0.1, 0.15) is 42.1 Å². The van der Waals surface area contributed by atoms with E-state index in [4.69, 9.17) is 4.74 Å². The van der Waals surface area contributed by atoms with Crippen molar-refractivity contribution >= 4 is 17.9 Å². The number of piperidine rings is 1. The van der Waals surface area contributed by atoms with Crippen LogP contribution in [0, 0.1) is 0 Å². The number of para-hydroxylation sites is 1. The molecule has 2 aromatic carbocycles. The quantitative estimate of drug-likeness (QED) is 0.664. The summed E-state index contributed by atoms with van der Waals surface area (Å²) in [4.78, 5) is 12.8. The Morgan fingerprint density at radius 1 is 1.11 bits per heavy atom. The molecule has 150 valence electrons. The van der Waals surface area contributed by atoms with Gasteiger partial charge in [0.1, 0.15) is 5.75 Å². The number of benzene rings is 2. The number of hydrogen-bond acceptors (Lipinski definition) is 4. The molecule has 2 aromatic rings. The van der Waals surface area contributed by atoms with Crippen LogP contribution in [0.15, 0.2) is 54.6 Å². The SMILES string of the molecule is CCCSN1CCC(CNC(=O)c2ccccc2OC)(c2ccccc2)CC1. The second-order valence-corrected chi connectivity index (χ2v) is 8.47. The topological polar surface area (TPSA) is 41.6 Å². The first-order valence-corrected chi connectivity index (χ1v) is 11.0. The average Bonchev–Trinajstić information content (AvgIpc) is 2.77. The first kappa shape index (κ1) is 20.7. The fourth-order valence-electron chi connectivity index (χ4n) is 3.80. The predicted octanol–water partition coefficient (Wildman–Crippen LogP) is 4.52. The van der Waals surface area contributed by atoms with Crippen molar-refractivity contribution in [3.8, 4) is 5.75 Å². The molecule has 28 heavy (non-hydrogen) atoms. The number of hydrogen-bond donors (Lipinski definition) is 1. The molecule has 1 aliphatic heterocycles. The van der Waals surface area contributed by atoms with Crippen molar-refractivity contribution in [2.24, 2.45) is 0 Å². The largest absolute Gasteiger partial charge is 0.496 e. The Morgan fingerprint density at radius 3 is 2.46 bits per heavy atom. The molecule has 0 aromatic heterocycles. The van der Waals surface area contributed by atoms with Gasteiger partial charge in [0.2, 0.25) is 0 Å². The Labute approximate surface area is 172 Å². The number of amides is 1. The molecule has 0 bridgehead atoms. The van der Waals surface area contributed by atoms with E-state index >= 15 is 0 Å². The van der Waals surface area contributed by atoms with Crippen LogP contribution >= 0.6 is 11.9 Å². The van der Waals surface area contributed by atoms with E-state index < -0.39 is 0 Å². The monoisotopic (exact) mass is 398 g/mol. The zero-order valence-electron chi connectivity index (χ0n) is 16.8. The van der Waals surface area contributed by atoms with E-state index in [9.17, 15) is 4.79 Å². The highest BCUT2D eigenvalue weighted by atomic mass is 32.2. The first-order valence-electron chi connectivity index (χ1n) is 10.0. The van der Waals surface area contributed by atoms with Crippen molar-refractivity contribution in [2.75, 3.05) is 32.5 Å². The first-order chi connectivity index (χ1) is 13.7. The van der Waals surface area contributed by atoms with Crippen molar-refractivity contribution in [2.45, 2.75) is 31.6 Å². The minimum Gasteiger partial charge on any atom is -0.496 e. The Kier molecular flexibility index (Phi) is 7.40. The van der Waals surface area contributed by atoms with Crippen LogP contribution in [-0.4, -0.2) is 42.7 Å². The summed E-state index contributed by atoms with van der Waals surface area (Å²) in [6, 6.07) is 18.0. The average molecular weight is 399 g/mol. The van der Waals surface area contributed by atoms with Crippen molar-refractivity contribution < 1.29 is 9.53 Å². The van der Waals surface area contributed by atoms with Crippen LogP contribution < -0.4 is 10.1 Å². The van der Waals surface area contributed by atoms with E-state index in [1.54, 1.807) is 7.11 Å². The number of ether oxygens (including phenoxy) is 1. The molecule has 0 saturated carbocycles. The van der Waals surface area contributed by atoms with Gasteiger partial charge in [0.25, 0.3) is 5.91 Å². The molecule has 1 saturated heterocycles. The Bertz CT molecular complexity index is 758. The zero-order valence-corrected chi connectivity index (χ0v) is 17.6. The van der Waals surface area contributed by atoms with E-state index in [2.05, 4.69) is 46.9 Å². The van der Waals surface area contributed by atoms with Gasteiger partial charge in [-0.1, -0.05) is 61.3 Å². The van der Waals surface area contributed by atoms with Gasteiger partial charge in [-0.05, 0) is 37.0 Å². The standard InChI is InChI=1S/C23H30N2O2S/c1-3-17-28-25-15-13-23(14-16-25,19-9-5-4-6-10-19)18-24-22(26)20-11-7-8-12-21(20)27-2/h4-12H,3,13-18H2,1-2H3,(H,24,26). The van der Waals surface area contributed by atoms with Crippen LogP contribution in [0.3, 0.4) is 0 Å². The highest BCUT2D eigenvalue weighted by Crippen LogP contribution is 2.37. The lowest BCUT2D eigenvalue weighted by Crippen LogP contribution is -2.47. The normalized spacial score (nSPS) is 16.5. The third kappa shape index (κ3) is 4.89. The summed E-state index contributed by atoms with van der Waals surface area (Å²) < 4.78 is 7.83. The lowest BCUT2D eigenvalue weighted by molar-refractivity contribution is 0.0931. The lowest BCUT2D eigenvalue weighted by atomic mass is 9.73. The summed E-state index contributed by atoms with van der Waals surface area (Å²) >= 11 is 1.95. The van der Waals surface area contributed by atoms with Crippen LogP contribution in [0.2, 0.25) is 0 Å². The van der Waals surface area contributed by atoms with Gasteiger partial charge in [0.15, 0.2) is 0 Å². The molecule has 1 N–H and O–H groups in total. The highest BCUT2D eigenvalue weighted by Gasteiger charge is 2.36. The number of carbonyl (C=O) groups is 1. The van der Waals surface area contributed by atoms with E-state index in [1.807, 2.05) is 36.2 Å². The molecule has 5 heteroatoms. The van der Waals surface area contributed by atoms with Crippen molar-refractivity contribution in [1.82, 2.24) is 9.62 Å². The molecule has 0 spiro atoms. The van der Waals surface area contributed by atoms with Crippen molar-refractivity contribution in [3.63, 3.8) is 0 Å². The van der Waals surface area contributed by atoms with Crippen LogP contribution in [0.5, 0.6) is 5.75 Å². The molecule has 1 amide bonds. The van der Waals surface area contributed by atoms with Crippen molar-refractivity contribution in [3.05, 3.63) is 65.7 Å². The van der Waals surface area contributed by atoms with Crippen molar-refractivity contribution in [1.29, 1.82) is 0 Å². The van der Waals surface area contributed by atoms with Crippen LogP contribution in [-0.2, 0) is 5.41 Å². The maximum absolute atomic E-state index is 12.8. The zero-order chi connectivity index (χ0) is 19.8. The van der Waals surface area contributed by atoms with E-state index in [1.165, 1.54) is 17.7 Å². The summed E-state index contributed by atoms with van der Waals surface area (Å²) in [6.45, 7) is 4.95. The van der Waals surface area contributed by atoms with Gasteiger partial charge in [-0.3, -0.25) is 9.10 Å². The molecular formula is C23H30N2O2S. The summed E-state index contributed by atoms with van der Waals surface area (Å²) in [5.74, 6) is 1.71. The molecule has 1 aliphatic rings. The van der Waals surface area contributed by atoms with Gasteiger partial charge in [-0.2, -0.15) is 0 Å². The van der Waals surface area contributed by atoms with Gasteiger partial charge in [0, 0.05) is 30.8 Å². The molecule has 3 rings (SSSR count). The summed E-state index contributed by atoms with van der Waals surface area (Å²) in [7, 11) is 1.60. The number of rotatable bonds is 8. The Morgan fingerprint density at radius 2 is 1.79 bits per heavy atom. The highest BCUT2D eigenvalue weighted by molar-refractivity contribution is 7.97. The molecule has 0 atom stereocenters. The van der Waals surface area contributed by atoms with Gasteiger partial charge < -0.3 is 10.1 Å². The summed E-state index contributed by atoms with van der Waals surface area (Å²) in [5, 5.41) is 3.20. The fourth-order valence-corrected chi connectivity index (χ4v) is 4.68. The molecule has 0 unspecified atom stereocenters. The molecule has 1 fully saturated rings. The Hall–Kier alpha value is -1.98. The van der Waals surface area contributed by atoms with Gasteiger partial charge >= 0.3 is 0 Å². The number of nitrogens with zero attached hydrogens (tertiary/aromatic N) is 1. The third-order valence-corrected chi connectivity index (χ3v) is 6.80. The predicted molar refractivity (Wildman–Crippen MR) is 117 cm³/mol. The number of carbonyl (C=O) groups excluding carboxylic acids is 1. The minimum absolute atomic E-state index is 0.0256. The summed E-state index contributed by atoms with van der Waals surface area (Å²) in [5.41, 5.74) is 1.88. The third-order valence-electron chi connectivity index (χ3n) is 5.48. The molecule has 4 nitrogen and oxygen atoms in total. The fraction of sp³-hybridized carbons (Fsp3) is 0.435. The molecular weight excluding hydrogens is 368 g/mol. The number of methoxy groups -OCH3 is 1. The number of nitrogens with one attached hydrogen (secondary N) is 1. The lowest BCUT2D eigenvalue weighted by Gasteiger charge is -2.42. The maximum Gasteiger partial charge on any atom is 0.255 e. The van der Waals surface area contributed by atoms with Gasteiger partial charge in [-0.25, -0.2) is 0 Å². The Balaban J connectivity index is 1.73. The smallest absolute Gasteiger partial charge is 0.255 e. The van der Waals surface area contributed by atoms with E-state index in [0.717, 1.165) is 25.9 Å². The molecule has 1 heterocycles. The van der Waals surface area contributed by atoms with Crippen LogP contribution in [0.4, 0.5) is 0 Å². The van der Waals surface area contributed by atoms with Gasteiger partial charge in [-0.15, -0.1) is 0 Å². The second kappa shape index (κ2) is 9.99. The molecule has 0 radical (unpaired) electrons. The summed E-state index contributed by atoms with van der Waals surface area (Å²) in [6.07, 6.45) is 3.28. The minimum atomic E-state index is -0.0736. The van der Waals surface area contributed by atoms with Gasteiger partial charge in [0.05, 0.1) is 12.7 Å². The van der Waals surface area contributed by atoms with E-state index in [-0.39, 0.29) is 11.3 Å².